The minimum Gasteiger partial charge on any atom is -0.315 e. The second kappa shape index (κ2) is 4.81. The zero-order valence-corrected chi connectivity index (χ0v) is 11.8. The van der Waals surface area contributed by atoms with E-state index < -0.39 is 5.82 Å². The Morgan fingerprint density at radius 2 is 2.00 bits per heavy atom. The fraction of sp³-hybridized carbons (Fsp3) is 0.176. The van der Waals surface area contributed by atoms with Gasteiger partial charge in [0.2, 0.25) is 5.91 Å². The van der Waals surface area contributed by atoms with Gasteiger partial charge in [0, 0.05) is 18.3 Å². The van der Waals surface area contributed by atoms with Gasteiger partial charge in [-0.15, -0.1) is 0 Å². The summed E-state index contributed by atoms with van der Waals surface area (Å²) >= 11 is 0. The molecule has 21 heavy (non-hydrogen) atoms. The Hall–Kier alpha value is -2.49. The van der Waals surface area contributed by atoms with Crippen LogP contribution in [-0.2, 0) is 11.2 Å². The van der Waals surface area contributed by atoms with Crippen LogP contribution >= 0.6 is 0 Å². The fourth-order valence-corrected chi connectivity index (χ4v) is 2.59. The van der Waals surface area contributed by atoms with E-state index in [9.17, 15) is 14.0 Å². The number of carbonyl (C=O) groups is 2. The summed E-state index contributed by atoms with van der Waals surface area (Å²) in [5.41, 5.74) is 2.52. The van der Waals surface area contributed by atoms with Crippen molar-refractivity contribution in [2.45, 2.75) is 13.3 Å². The molecule has 3 rings (SSSR count). The molecule has 0 bridgehead atoms. The van der Waals surface area contributed by atoms with E-state index in [0.29, 0.717) is 11.1 Å². The zero-order chi connectivity index (χ0) is 15.1. The number of hydrogen-bond acceptors (Lipinski definition) is 2. The molecular formula is C17H14FNO2. The molecule has 1 amide bonds. The van der Waals surface area contributed by atoms with Gasteiger partial charge in [0.25, 0.3) is 0 Å². The third-order valence-corrected chi connectivity index (χ3v) is 3.86. The Kier molecular flexibility index (Phi) is 3.09. The van der Waals surface area contributed by atoms with Crippen LogP contribution in [-0.4, -0.2) is 18.7 Å². The lowest BCUT2D eigenvalue weighted by Crippen LogP contribution is -2.20. The van der Waals surface area contributed by atoms with E-state index in [1.165, 1.54) is 6.07 Å². The first kappa shape index (κ1) is 13.5. The topological polar surface area (TPSA) is 37.4 Å². The van der Waals surface area contributed by atoms with Gasteiger partial charge in [-0.25, -0.2) is 4.39 Å². The maximum Gasteiger partial charge on any atom is 0.231 e. The average Bonchev–Trinajstić information content (AvgIpc) is 2.76. The number of fused-ring (bicyclic) bond motifs is 1. The number of likely N-dealkylation sites (N-methyl/N-ethyl adjacent to an activating group) is 1. The summed E-state index contributed by atoms with van der Waals surface area (Å²) in [4.78, 5) is 25.7. The van der Waals surface area contributed by atoms with E-state index in [0.717, 1.165) is 11.3 Å². The van der Waals surface area contributed by atoms with Gasteiger partial charge in [-0.1, -0.05) is 12.1 Å². The van der Waals surface area contributed by atoms with Crippen molar-refractivity contribution in [3.8, 4) is 0 Å². The number of anilines is 1. The normalized spacial score (nSPS) is 13.5. The molecule has 2 aromatic carbocycles. The van der Waals surface area contributed by atoms with Gasteiger partial charge in [0.05, 0.1) is 12.0 Å². The van der Waals surface area contributed by atoms with Crippen LogP contribution in [0.25, 0.3) is 0 Å². The third kappa shape index (κ3) is 2.13. The molecule has 0 radical (unpaired) electrons. The molecule has 0 aliphatic carbocycles. The third-order valence-electron chi connectivity index (χ3n) is 3.86. The summed E-state index contributed by atoms with van der Waals surface area (Å²) in [5.74, 6) is -0.853. The molecule has 0 fully saturated rings. The van der Waals surface area contributed by atoms with Crippen molar-refractivity contribution >= 4 is 17.4 Å². The second-order valence-electron chi connectivity index (χ2n) is 5.24. The van der Waals surface area contributed by atoms with Crippen molar-refractivity contribution in [1.29, 1.82) is 0 Å². The van der Waals surface area contributed by atoms with E-state index in [2.05, 4.69) is 0 Å². The molecule has 0 N–H and O–H groups in total. The highest BCUT2D eigenvalue weighted by Crippen LogP contribution is 2.29. The largest absolute Gasteiger partial charge is 0.315 e. The number of halogens is 1. The summed E-state index contributed by atoms with van der Waals surface area (Å²) in [6.07, 6.45) is 0.281. The van der Waals surface area contributed by atoms with Crippen LogP contribution in [0.5, 0.6) is 0 Å². The number of rotatable bonds is 2. The first-order valence-corrected chi connectivity index (χ1v) is 6.68. The minimum absolute atomic E-state index is 0.00339. The molecule has 4 heteroatoms. The minimum atomic E-state index is -0.490. The first-order chi connectivity index (χ1) is 9.99. The first-order valence-electron chi connectivity index (χ1n) is 6.68. The second-order valence-corrected chi connectivity index (χ2v) is 5.24. The van der Waals surface area contributed by atoms with Crippen LogP contribution in [0, 0.1) is 12.7 Å². The van der Waals surface area contributed by atoms with E-state index in [-0.39, 0.29) is 23.7 Å². The Bertz CT molecular complexity index is 767. The number of hydrogen-bond donors (Lipinski definition) is 0. The molecule has 1 aliphatic heterocycles. The lowest BCUT2D eigenvalue weighted by atomic mass is 9.98. The van der Waals surface area contributed by atoms with E-state index in [4.69, 9.17) is 0 Å². The highest BCUT2D eigenvalue weighted by molar-refractivity contribution is 6.10. The van der Waals surface area contributed by atoms with Crippen molar-refractivity contribution in [1.82, 2.24) is 0 Å². The number of carbonyl (C=O) groups excluding carboxylic acids is 2. The molecule has 106 valence electrons. The van der Waals surface area contributed by atoms with Gasteiger partial charge in [-0.05, 0) is 42.3 Å². The van der Waals surface area contributed by atoms with Crippen molar-refractivity contribution in [3.63, 3.8) is 0 Å². The van der Waals surface area contributed by atoms with Crippen LogP contribution in [0.3, 0.4) is 0 Å². The summed E-state index contributed by atoms with van der Waals surface area (Å²) in [6.45, 7) is 1.63. The maximum absolute atomic E-state index is 14.1. The van der Waals surface area contributed by atoms with Gasteiger partial charge in [-0.2, -0.15) is 0 Å². The number of amides is 1. The van der Waals surface area contributed by atoms with Gasteiger partial charge in [-0.3, -0.25) is 9.59 Å². The van der Waals surface area contributed by atoms with Crippen LogP contribution in [0.4, 0.5) is 10.1 Å². The standard InChI is InChI=1S/C17H14FNO2/c1-10-4-3-5-13(16(10)18)17(21)11-6-7-14-12(8-11)9-15(20)19(14)2/h3-8H,9H2,1-2H3. The average molecular weight is 283 g/mol. The molecule has 2 aromatic rings. The van der Waals surface area contributed by atoms with Gasteiger partial charge < -0.3 is 4.90 Å². The zero-order valence-electron chi connectivity index (χ0n) is 11.8. The van der Waals surface area contributed by atoms with Crippen molar-refractivity contribution < 1.29 is 14.0 Å². The molecule has 0 aromatic heterocycles. The van der Waals surface area contributed by atoms with Crippen molar-refractivity contribution in [2.75, 3.05) is 11.9 Å². The quantitative estimate of drug-likeness (QED) is 0.795. The fourth-order valence-electron chi connectivity index (χ4n) is 2.59. The Morgan fingerprint density at radius 1 is 1.24 bits per heavy atom. The van der Waals surface area contributed by atoms with Crippen molar-refractivity contribution in [2.24, 2.45) is 0 Å². The van der Waals surface area contributed by atoms with Crippen LogP contribution in [0.15, 0.2) is 36.4 Å². The van der Waals surface area contributed by atoms with E-state index in [1.807, 2.05) is 0 Å². The van der Waals surface area contributed by atoms with Crippen LogP contribution < -0.4 is 4.90 Å². The molecule has 3 nitrogen and oxygen atoms in total. The predicted octanol–water partition coefficient (Wildman–Crippen LogP) is 2.88. The summed E-state index contributed by atoms with van der Waals surface area (Å²) in [6, 6.07) is 9.83. The summed E-state index contributed by atoms with van der Waals surface area (Å²) < 4.78 is 14.1. The highest BCUT2D eigenvalue weighted by Gasteiger charge is 2.25. The molecular weight excluding hydrogens is 269 g/mol. The molecule has 0 unspecified atom stereocenters. The summed E-state index contributed by atoms with van der Waals surface area (Å²) in [5, 5.41) is 0. The summed E-state index contributed by atoms with van der Waals surface area (Å²) in [7, 11) is 1.70. The Balaban J connectivity index is 2.02. The lowest BCUT2D eigenvalue weighted by Gasteiger charge is -2.10. The van der Waals surface area contributed by atoms with Gasteiger partial charge in [0.1, 0.15) is 5.82 Å². The SMILES string of the molecule is Cc1cccc(C(=O)c2ccc3c(c2)CC(=O)N3C)c1F. The number of ketones is 1. The molecule has 0 saturated carbocycles. The maximum atomic E-state index is 14.1. The monoisotopic (exact) mass is 283 g/mol. The molecule has 1 aliphatic rings. The lowest BCUT2D eigenvalue weighted by molar-refractivity contribution is -0.117. The van der Waals surface area contributed by atoms with E-state index >= 15 is 0 Å². The number of aryl methyl sites for hydroxylation is 1. The van der Waals surface area contributed by atoms with Crippen LogP contribution in [0.1, 0.15) is 27.0 Å². The van der Waals surface area contributed by atoms with Crippen molar-refractivity contribution in [3.05, 3.63) is 64.5 Å². The molecule has 0 atom stereocenters. The Morgan fingerprint density at radius 3 is 2.76 bits per heavy atom. The highest BCUT2D eigenvalue weighted by atomic mass is 19.1. The van der Waals surface area contributed by atoms with Gasteiger partial charge in [0.15, 0.2) is 5.78 Å². The smallest absolute Gasteiger partial charge is 0.231 e. The predicted molar refractivity (Wildman–Crippen MR) is 78.1 cm³/mol. The van der Waals surface area contributed by atoms with Crippen LogP contribution in [0.2, 0.25) is 0 Å². The Labute approximate surface area is 122 Å². The molecule has 0 saturated heterocycles. The van der Waals surface area contributed by atoms with Gasteiger partial charge >= 0.3 is 0 Å². The number of nitrogens with zero attached hydrogens (tertiary/aromatic N) is 1. The molecule has 1 heterocycles. The molecule has 0 spiro atoms. The number of benzene rings is 2. The van der Waals surface area contributed by atoms with E-state index in [1.54, 1.807) is 49.2 Å².